The molecule has 4 nitrogen and oxygen atoms in total. The van der Waals surface area contributed by atoms with Gasteiger partial charge >= 0.3 is 6.03 Å². The molecule has 3 rings (SSSR count). The summed E-state index contributed by atoms with van der Waals surface area (Å²) in [5.41, 5.74) is 1.000. The maximum Gasteiger partial charge on any atom is 0.317 e. The van der Waals surface area contributed by atoms with Crippen LogP contribution in [0, 0.1) is 0 Å². The summed E-state index contributed by atoms with van der Waals surface area (Å²) >= 11 is 3.76. The second kappa shape index (κ2) is 7.21. The summed E-state index contributed by atoms with van der Waals surface area (Å²) in [6.45, 7) is 2.75. The van der Waals surface area contributed by atoms with Gasteiger partial charge in [0, 0.05) is 29.6 Å². The van der Waals surface area contributed by atoms with Crippen LogP contribution < -0.4 is 5.32 Å². The third-order valence-corrected chi connectivity index (χ3v) is 6.83. The van der Waals surface area contributed by atoms with Crippen LogP contribution in [0.25, 0.3) is 0 Å². The van der Waals surface area contributed by atoms with Crippen molar-refractivity contribution in [3.05, 3.63) is 16.1 Å². The Balaban J connectivity index is 1.44. The molecule has 0 radical (unpaired) electrons. The first-order chi connectivity index (χ1) is 10.7. The van der Waals surface area contributed by atoms with Crippen molar-refractivity contribution in [3.8, 4) is 0 Å². The van der Waals surface area contributed by atoms with Crippen molar-refractivity contribution < 1.29 is 4.79 Å². The molecule has 2 atom stereocenters. The smallest absolute Gasteiger partial charge is 0.317 e. The molecule has 6 heteroatoms. The van der Waals surface area contributed by atoms with Crippen molar-refractivity contribution >= 4 is 29.1 Å². The lowest BCUT2D eigenvalue weighted by Gasteiger charge is -2.24. The molecule has 0 aromatic carbocycles. The molecule has 0 spiro atoms. The number of nitrogens with one attached hydrogen (secondary N) is 1. The van der Waals surface area contributed by atoms with E-state index in [4.69, 9.17) is 0 Å². The molecule has 2 fully saturated rings. The lowest BCUT2D eigenvalue weighted by Crippen LogP contribution is -2.42. The first kappa shape index (κ1) is 16.1. The molecule has 2 saturated carbocycles. The highest BCUT2D eigenvalue weighted by molar-refractivity contribution is 7.99. The summed E-state index contributed by atoms with van der Waals surface area (Å²) in [4.78, 5) is 18.8. The molecule has 0 aliphatic heterocycles. The van der Waals surface area contributed by atoms with Gasteiger partial charge in [0.2, 0.25) is 0 Å². The lowest BCUT2D eigenvalue weighted by atomic mass is 10.2. The van der Waals surface area contributed by atoms with E-state index in [9.17, 15) is 4.79 Å². The van der Waals surface area contributed by atoms with Crippen LogP contribution in [0.2, 0.25) is 0 Å². The van der Waals surface area contributed by atoms with E-state index in [1.54, 1.807) is 11.3 Å². The number of urea groups is 1. The van der Waals surface area contributed by atoms with Gasteiger partial charge in [0.1, 0.15) is 0 Å². The van der Waals surface area contributed by atoms with Crippen molar-refractivity contribution in [2.45, 2.75) is 62.8 Å². The first-order valence-corrected chi connectivity index (χ1v) is 10.2. The van der Waals surface area contributed by atoms with E-state index < -0.39 is 0 Å². The number of thiazole rings is 1. The maximum absolute atomic E-state index is 12.3. The number of rotatable bonds is 6. The zero-order valence-corrected chi connectivity index (χ0v) is 15.0. The van der Waals surface area contributed by atoms with Crippen molar-refractivity contribution in [2.75, 3.05) is 12.8 Å². The molecule has 2 aliphatic rings. The van der Waals surface area contributed by atoms with Crippen LogP contribution in [0.1, 0.15) is 55.6 Å². The molecule has 0 unspecified atom stereocenters. The Hall–Kier alpha value is -0.750. The number of hydrogen-bond donors (Lipinski definition) is 1. The highest BCUT2D eigenvalue weighted by Gasteiger charge is 2.30. The van der Waals surface area contributed by atoms with Gasteiger partial charge in [-0.05, 0) is 37.9 Å². The molecule has 1 aromatic rings. The van der Waals surface area contributed by atoms with Crippen LogP contribution in [0.3, 0.4) is 0 Å². The Kier molecular flexibility index (Phi) is 5.29. The highest BCUT2D eigenvalue weighted by atomic mass is 32.2. The van der Waals surface area contributed by atoms with Crippen LogP contribution in [0.5, 0.6) is 0 Å². The normalized spacial score (nSPS) is 24.5. The van der Waals surface area contributed by atoms with Crippen molar-refractivity contribution in [2.24, 2.45) is 0 Å². The molecule has 1 N–H and O–H groups in total. The number of nitrogens with zero attached hydrogens (tertiary/aromatic N) is 2. The summed E-state index contributed by atoms with van der Waals surface area (Å²) < 4.78 is 0. The van der Waals surface area contributed by atoms with Gasteiger partial charge in [0.15, 0.2) is 0 Å². The van der Waals surface area contributed by atoms with E-state index in [1.165, 1.54) is 30.0 Å². The Labute approximate surface area is 141 Å². The molecule has 1 heterocycles. The molecule has 2 aliphatic carbocycles. The molecular formula is C16H25N3OS2. The fourth-order valence-corrected chi connectivity index (χ4v) is 5.16. The summed E-state index contributed by atoms with van der Waals surface area (Å²) in [7, 11) is 1.93. The number of aromatic nitrogens is 1. The molecule has 0 saturated heterocycles. The summed E-state index contributed by atoms with van der Waals surface area (Å²) in [6, 6.07) is 0.426. The number of carbonyl (C=O) groups excluding carboxylic acids is 1. The van der Waals surface area contributed by atoms with E-state index in [2.05, 4.69) is 22.6 Å². The Morgan fingerprint density at radius 1 is 1.45 bits per heavy atom. The Bertz CT molecular complexity index is 515. The summed E-state index contributed by atoms with van der Waals surface area (Å²) in [5.74, 6) is 1.86. The average Bonchev–Trinajstić information content (AvgIpc) is 3.08. The average molecular weight is 340 g/mol. The fourth-order valence-electron chi connectivity index (χ4n) is 3.03. The van der Waals surface area contributed by atoms with Gasteiger partial charge < -0.3 is 10.2 Å². The van der Waals surface area contributed by atoms with Gasteiger partial charge in [-0.25, -0.2) is 9.78 Å². The minimum absolute atomic E-state index is 0.0353. The zero-order valence-electron chi connectivity index (χ0n) is 13.4. The van der Waals surface area contributed by atoms with Crippen molar-refractivity contribution in [3.63, 3.8) is 0 Å². The van der Waals surface area contributed by atoms with E-state index in [1.807, 2.05) is 23.7 Å². The van der Waals surface area contributed by atoms with E-state index in [0.717, 1.165) is 23.8 Å². The topological polar surface area (TPSA) is 45.2 Å². The predicted octanol–water partition coefficient (Wildman–Crippen LogP) is 3.84. The molecule has 22 heavy (non-hydrogen) atoms. The lowest BCUT2D eigenvalue weighted by molar-refractivity contribution is 0.190. The van der Waals surface area contributed by atoms with Crippen molar-refractivity contribution in [1.82, 2.24) is 15.2 Å². The predicted molar refractivity (Wildman–Crippen MR) is 93.6 cm³/mol. The second-order valence-corrected chi connectivity index (χ2v) is 8.73. The van der Waals surface area contributed by atoms with Crippen LogP contribution in [0.15, 0.2) is 5.38 Å². The molecular weight excluding hydrogens is 314 g/mol. The fraction of sp³-hybridized carbons (Fsp3) is 0.750. The van der Waals surface area contributed by atoms with E-state index in [-0.39, 0.29) is 6.03 Å². The van der Waals surface area contributed by atoms with Crippen LogP contribution in [-0.2, 0) is 6.54 Å². The Morgan fingerprint density at radius 3 is 3.00 bits per heavy atom. The number of hydrogen-bond acceptors (Lipinski definition) is 4. The molecule has 1 aromatic heterocycles. The second-order valence-electron chi connectivity index (χ2n) is 6.27. The van der Waals surface area contributed by atoms with Gasteiger partial charge in [-0.3, -0.25) is 0 Å². The first-order valence-electron chi connectivity index (χ1n) is 8.24. The van der Waals surface area contributed by atoms with Crippen molar-refractivity contribution in [1.29, 1.82) is 0 Å². The van der Waals surface area contributed by atoms with Gasteiger partial charge in [-0.15, -0.1) is 11.3 Å². The third kappa shape index (κ3) is 3.96. The summed E-state index contributed by atoms with van der Waals surface area (Å²) in [5, 5.41) is 7.07. The maximum atomic E-state index is 12.3. The molecule has 2 amide bonds. The highest BCUT2D eigenvalue weighted by Crippen LogP contribution is 2.41. The van der Waals surface area contributed by atoms with Gasteiger partial charge in [-0.1, -0.05) is 6.92 Å². The standard InChI is InChI=1S/C16H25N3OS2/c1-3-21-14-7-6-13(8-14)19(2)16(20)17-9-12-10-22-15(18-12)11-4-5-11/h10-11,13-14H,3-9H2,1-2H3,(H,17,20)/t13-,14-/m0/s1. The minimum Gasteiger partial charge on any atom is -0.332 e. The summed E-state index contributed by atoms with van der Waals surface area (Å²) in [6.07, 6.45) is 6.05. The van der Waals surface area contributed by atoms with E-state index >= 15 is 0 Å². The monoisotopic (exact) mass is 339 g/mol. The Morgan fingerprint density at radius 2 is 2.27 bits per heavy atom. The van der Waals surface area contributed by atoms with Gasteiger partial charge in [0.05, 0.1) is 17.2 Å². The zero-order chi connectivity index (χ0) is 15.5. The third-order valence-electron chi connectivity index (χ3n) is 4.54. The van der Waals surface area contributed by atoms with Crippen LogP contribution in [0.4, 0.5) is 4.79 Å². The molecule has 0 bridgehead atoms. The van der Waals surface area contributed by atoms with Crippen LogP contribution >= 0.6 is 23.1 Å². The van der Waals surface area contributed by atoms with Crippen LogP contribution in [-0.4, -0.2) is 40.0 Å². The number of amides is 2. The van der Waals surface area contributed by atoms with Gasteiger partial charge in [0.25, 0.3) is 0 Å². The molecule has 122 valence electrons. The quantitative estimate of drug-likeness (QED) is 0.856. The number of carbonyl (C=O) groups is 1. The SMILES string of the molecule is CCS[C@H]1CC[C@H](N(C)C(=O)NCc2csc(C3CC3)n2)C1. The van der Waals surface area contributed by atoms with E-state index in [0.29, 0.717) is 18.5 Å². The largest absolute Gasteiger partial charge is 0.332 e. The minimum atomic E-state index is 0.0353. The van der Waals surface area contributed by atoms with Gasteiger partial charge in [-0.2, -0.15) is 11.8 Å². The number of thioether (sulfide) groups is 1.